The molecule has 0 heterocycles. The molecular formula is C4H9BO4. The fourth-order valence-electron chi connectivity index (χ4n) is 0.410. The van der Waals surface area contributed by atoms with Crippen molar-refractivity contribution in [1.82, 2.24) is 0 Å². The molecule has 0 amide bonds. The van der Waals surface area contributed by atoms with E-state index in [0.29, 0.717) is 6.29 Å². The molecular weight excluding hydrogens is 123 g/mol. The van der Waals surface area contributed by atoms with Gasteiger partial charge in [-0.2, -0.15) is 0 Å². The first-order valence-electron chi connectivity index (χ1n) is 2.53. The zero-order valence-corrected chi connectivity index (χ0v) is 5.15. The van der Waals surface area contributed by atoms with Gasteiger partial charge in [-0.25, -0.2) is 0 Å². The molecule has 0 aromatic heterocycles. The number of rotatable bonds is 4. The standard InChI is InChI=1S/C4H9BO4/c5-9-4(2-7)3(8)1-6/h1,3-4,7-8H,2,5H2. The predicted molar refractivity (Wildman–Crippen MR) is 32.6 cm³/mol. The third-order valence-corrected chi connectivity index (χ3v) is 1.00. The van der Waals surface area contributed by atoms with Crippen LogP contribution in [0.5, 0.6) is 0 Å². The van der Waals surface area contributed by atoms with E-state index in [1.165, 1.54) is 8.05 Å². The Bertz CT molecular complexity index is 82.6. The van der Waals surface area contributed by atoms with Crippen LogP contribution in [0.3, 0.4) is 0 Å². The van der Waals surface area contributed by atoms with E-state index < -0.39 is 12.2 Å². The van der Waals surface area contributed by atoms with Crippen molar-refractivity contribution in [2.75, 3.05) is 6.61 Å². The second-order valence-electron chi connectivity index (χ2n) is 1.58. The Labute approximate surface area is 53.9 Å². The van der Waals surface area contributed by atoms with Crippen molar-refractivity contribution in [3.8, 4) is 0 Å². The monoisotopic (exact) mass is 132 g/mol. The summed E-state index contributed by atoms with van der Waals surface area (Å²) in [6, 6.07) is 0. The number of aliphatic hydroxyl groups is 2. The van der Waals surface area contributed by atoms with Crippen LogP contribution in [0.1, 0.15) is 0 Å². The Hall–Kier alpha value is -0.385. The van der Waals surface area contributed by atoms with Crippen molar-refractivity contribution < 1.29 is 19.7 Å². The zero-order chi connectivity index (χ0) is 7.28. The Kier molecular flexibility index (Phi) is 4.30. The van der Waals surface area contributed by atoms with Crippen LogP contribution in [0.2, 0.25) is 0 Å². The molecule has 0 aliphatic heterocycles. The molecule has 2 atom stereocenters. The SMILES string of the molecule is BOC(CO)C(O)C=O. The maximum absolute atomic E-state index is 9.82. The summed E-state index contributed by atoms with van der Waals surface area (Å²) in [7, 11) is 1.31. The van der Waals surface area contributed by atoms with Gasteiger partial charge >= 0.3 is 0 Å². The highest BCUT2D eigenvalue weighted by molar-refractivity contribution is 5.98. The van der Waals surface area contributed by atoms with Gasteiger partial charge in [0.2, 0.25) is 0 Å². The van der Waals surface area contributed by atoms with Crippen molar-refractivity contribution in [3.63, 3.8) is 0 Å². The van der Waals surface area contributed by atoms with Gasteiger partial charge in [0.25, 0.3) is 8.05 Å². The minimum Gasteiger partial charge on any atom is -0.436 e. The van der Waals surface area contributed by atoms with E-state index in [1.807, 2.05) is 0 Å². The molecule has 4 nitrogen and oxygen atoms in total. The fraction of sp³-hybridized carbons (Fsp3) is 0.750. The summed E-state index contributed by atoms with van der Waals surface area (Å²) < 4.78 is 4.52. The third kappa shape index (κ3) is 2.60. The maximum atomic E-state index is 9.82. The highest BCUT2D eigenvalue weighted by atomic mass is 16.5. The molecule has 2 unspecified atom stereocenters. The van der Waals surface area contributed by atoms with E-state index in [4.69, 9.17) is 10.2 Å². The zero-order valence-electron chi connectivity index (χ0n) is 5.15. The molecule has 52 valence electrons. The first kappa shape index (κ1) is 8.61. The van der Waals surface area contributed by atoms with E-state index in [9.17, 15) is 4.79 Å². The first-order valence-corrected chi connectivity index (χ1v) is 2.53. The van der Waals surface area contributed by atoms with Crippen LogP contribution in [0.4, 0.5) is 0 Å². The van der Waals surface area contributed by atoms with Crippen LogP contribution in [-0.2, 0) is 9.45 Å². The molecule has 9 heavy (non-hydrogen) atoms. The summed E-state index contributed by atoms with van der Waals surface area (Å²) in [5.41, 5.74) is 0. The molecule has 0 aliphatic carbocycles. The molecule has 0 fully saturated rings. The Balaban J connectivity index is 3.63. The summed E-state index contributed by atoms with van der Waals surface area (Å²) in [6.07, 6.45) is -1.69. The number of hydrogen-bond acceptors (Lipinski definition) is 4. The van der Waals surface area contributed by atoms with Crippen molar-refractivity contribution in [2.45, 2.75) is 12.2 Å². The number of hydrogen-bond donors (Lipinski definition) is 2. The van der Waals surface area contributed by atoms with Crippen molar-refractivity contribution in [1.29, 1.82) is 0 Å². The number of carbonyl (C=O) groups is 1. The smallest absolute Gasteiger partial charge is 0.257 e. The molecule has 0 radical (unpaired) electrons. The molecule has 0 aromatic rings. The van der Waals surface area contributed by atoms with Crippen molar-refractivity contribution in [2.24, 2.45) is 0 Å². The van der Waals surface area contributed by atoms with Gasteiger partial charge in [-0.05, 0) is 0 Å². The first-order chi connectivity index (χ1) is 4.26. The summed E-state index contributed by atoms with van der Waals surface area (Å²) >= 11 is 0. The lowest BCUT2D eigenvalue weighted by molar-refractivity contribution is -0.120. The van der Waals surface area contributed by atoms with E-state index in [-0.39, 0.29) is 6.61 Å². The summed E-state index contributed by atoms with van der Waals surface area (Å²) in [6.45, 7) is -0.351. The Morgan fingerprint density at radius 3 is 2.44 bits per heavy atom. The highest BCUT2D eigenvalue weighted by Crippen LogP contribution is 1.92. The van der Waals surface area contributed by atoms with Gasteiger partial charge < -0.3 is 19.7 Å². The lowest BCUT2D eigenvalue weighted by atomic mass is 10.2. The molecule has 0 rings (SSSR count). The van der Waals surface area contributed by atoms with Gasteiger partial charge in [0.1, 0.15) is 6.10 Å². The fourth-order valence-corrected chi connectivity index (χ4v) is 0.410. The van der Waals surface area contributed by atoms with Gasteiger partial charge in [-0.3, -0.25) is 0 Å². The summed E-state index contributed by atoms with van der Waals surface area (Å²) in [5, 5.41) is 17.0. The quantitative estimate of drug-likeness (QED) is 0.327. The van der Waals surface area contributed by atoms with Crippen molar-refractivity contribution in [3.05, 3.63) is 0 Å². The van der Waals surface area contributed by atoms with Crippen LogP contribution in [0.15, 0.2) is 0 Å². The lowest BCUT2D eigenvalue weighted by Crippen LogP contribution is -2.32. The average Bonchev–Trinajstić information content (AvgIpc) is 1.90. The van der Waals surface area contributed by atoms with Gasteiger partial charge in [0.05, 0.1) is 12.7 Å². The third-order valence-electron chi connectivity index (χ3n) is 1.00. The molecule has 0 spiro atoms. The molecule has 0 aromatic carbocycles. The molecule has 2 N–H and O–H groups in total. The van der Waals surface area contributed by atoms with Gasteiger partial charge in [0, 0.05) is 0 Å². The number of carbonyl (C=O) groups excluding carboxylic acids is 1. The van der Waals surface area contributed by atoms with Crippen LogP contribution in [0, 0.1) is 0 Å². The van der Waals surface area contributed by atoms with Gasteiger partial charge in [0.15, 0.2) is 6.29 Å². The molecule has 0 saturated heterocycles. The van der Waals surface area contributed by atoms with Crippen LogP contribution < -0.4 is 0 Å². The van der Waals surface area contributed by atoms with Gasteiger partial charge in [-0.15, -0.1) is 0 Å². The number of aldehydes is 1. The minimum absolute atomic E-state index is 0.324. The summed E-state index contributed by atoms with van der Waals surface area (Å²) in [4.78, 5) is 9.82. The Morgan fingerprint density at radius 1 is 1.78 bits per heavy atom. The van der Waals surface area contributed by atoms with E-state index >= 15 is 0 Å². The van der Waals surface area contributed by atoms with Crippen LogP contribution >= 0.6 is 0 Å². The van der Waals surface area contributed by atoms with Crippen molar-refractivity contribution >= 4 is 14.3 Å². The van der Waals surface area contributed by atoms with E-state index in [1.54, 1.807) is 0 Å². The lowest BCUT2D eigenvalue weighted by Gasteiger charge is -2.13. The van der Waals surface area contributed by atoms with Crippen LogP contribution in [0.25, 0.3) is 0 Å². The average molecular weight is 132 g/mol. The normalized spacial score (nSPS) is 16.7. The molecule has 5 heteroatoms. The second-order valence-corrected chi connectivity index (χ2v) is 1.58. The summed E-state index contributed by atoms with van der Waals surface area (Å²) in [5.74, 6) is 0. The van der Waals surface area contributed by atoms with E-state index in [0.717, 1.165) is 0 Å². The topological polar surface area (TPSA) is 66.8 Å². The minimum atomic E-state index is -1.22. The maximum Gasteiger partial charge on any atom is 0.257 e. The second kappa shape index (κ2) is 4.49. The molecule has 0 saturated carbocycles. The number of aliphatic hydroxyl groups excluding tert-OH is 2. The molecule has 0 aliphatic rings. The molecule has 0 bridgehead atoms. The van der Waals surface area contributed by atoms with Crippen LogP contribution in [-0.4, -0.2) is 43.4 Å². The van der Waals surface area contributed by atoms with Gasteiger partial charge in [-0.1, -0.05) is 0 Å². The highest BCUT2D eigenvalue weighted by Gasteiger charge is 2.14. The largest absolute Gasteiger partial charge is 0.436 e. The predicted octanol–water partition coefficient (Wildman–Crippen LogP) is -2.53. The Morgan fingerprint density at radius 2 is 2.33 bits per heavy atom. The van der Waals surface area contributed by atoms with E-state index in [2.05, 4.69) is 4.65 Å².